The summed E-state index contributed by atoms with van der Waals surface area (Å²) in [4.78, 5) is 1.15. The number of rotatable bonds is 4. The van der Waals surface area contributed by atoms with E-state index >= 15 is 0 Å². The number of amidine groups is 1. The molecule has 0 bridgehead atoms. The fraction of sp³-hybridized carbons (Fsp3) is 0.417. The smallest absolute Gasteiger partial charge is 0.405 e. The molecule has 4 nitrogen and oxygen atoms in total. The molecule has 0 fully saturated rings. The molecule has 0 radical (unpaired) electrons. The number of hydrogen-bond acceptors (Lipinski definition) is 3. The highest BCUT2D eigenvalue weighted by molar-refractivity contribution is 9.10. The summed E-state index contributed by atoms with van der Waals surface area (Å²) >= 11 is 3.21. The molecule has 0 saturated heterocycles. The van der Waals surface area contributed by atoms with E-state index in [1.165, 1.54) is 12.1 Å². The second-order valence-electron chi connectivity index (χ2n) is 4.48. The molecule has 20 heavy (non-hydrogen) atoms. The number of nitrogens with two attached hydrogens (primary N) is 1. The largest absolute Gasteiger partial charge is 0.409 e. The van der Waals surface area contributed by atoms with Crippen LogP contribution in [0.4, 0.5) is 18.9 Å². The Labute approximate surface area is 123 Å². The van der Waals surface area contributed by atoms with Crippen LogP contribution in [0, 0.1) is 0 Å². The van der Waals surface area contributed by atoms with Gasteiger partial charge in [0.05, 0.1) is 0 Å². The molecule has 0 saturated carbocycles. The Hall–Kier alpha value is -1.44. The predicted octanol–water partition coefficient (Wildman–Crippen LogP) is 3.32. The minimum atomic E-state index is -4.35. The van der Waals surface area contributed by atoms with E-state index in [2.05, 4.69) is 21.1 Å². The SMILES string of the molecule is CC(C)N(CC(F)(F)F)c1ccc(Br)cc1/C(N)=N/O. The highest BCUT2D eigenvalue weighted by Crippen LogP contribution is 2.29. The lowest BCUT2D eigenvalue weighted by Crippen LogP contribution is -2.40. The van der Waals surface area contributed by atoms with Crippen LogP contribution in [0.15, 0.2) is 27.8 Å². The molecule has 1 aromatic rings. The Morgan fingerprint density at radius 2 is 2.05 bits per heavy atom. The predicted molar refractivity (Wildman–Crippen MR) is 75.2 cm³/mol. The van der Waals surface area contributed by atoms with Gasteiger partial charge in [-0.3, -0.25) is 0 Å². The van der Waals surface area contributed by atoms with E-state index < -0.39 is 18.8 Å². The van der Waals surface area contributed by atoms with Crippen molar-refractivity contribution in [1.29, 1.82) is 0 Å². The van der Waals surface area contributed by atoms with Crippen molar-refractivity contribution in [2.24, 2.45) is 10.9 Å². The number of nitrogens with zero attached hydrogens (tertiary/aromatic N) is 2. The number of alkyl halides is 3. The molecule has 1 rings (SSSR count). The minimum absolute atomic E-state index is 0.236. The van der Waals surface area contributed by atoms with Gasteiger partial charge in [-0.25, -0.2) is 0 Å². The van der Waals surface area contributed by atoms with Crippen molar-refractivity contribution in [3.05, 3.63) is 28.2 Å². The van der Waals surface area contributed by atoms with Gasteiger partial charge in [0.25, 0.3) is 0 Å². The molecular weight excluding hydrogens is 339 g/mol. The Kier molecular flexibility index (Phi) is 5.27. The lowest BCUT2D eigenvalue weighted by molar-refractivity contribution is -0.120. The van der Waals surface area contributed by atoms with E-state index in [4.69, 9.17) is 10.9 Å². The second-order valence-corrected chi connectivity index (χ2v) is 5.40. The lowest BCUT2D eigenvalue weighted by Gasteiger charge is -2.31. The van der Waals surface area contributed by atoms with Crippen LogP contribution in [0.5, 0.6) is 0 Å². The van der Waals surface area contributed by atoms with Crippen molar-refractivity contribution >= 4 is 27.5 Å². The highest BCUT2D eigenvalue weighted by Gasteiger charge is 2.33. The molecule has 0 unspecified atom stereocenters. The van der Waals surface area contributed by atoms with Gasteiger partial charge in [0.15, 0.2) is 5.84 Å². The van der Waals surface area contributed by atoms with Crippen LogP contribution in [0.25, 0.3) is 0 Å². The summed E-state index contributed by atoms with van der Waals surface area (Å²) in [7, 11) is 0. The van der Waals surface area contributed by atoms with Crippen molar-refractivity contribution < 1.29 is 18.4 Å². The summed E-state index contributed by atoms with van der Waals surface area (Å²) in [5, 5.41) is 11.6. The first-order valence-electron chi connectivity index (χ1n) is 5.76. The van der Waals surface area contributed by atoms with Gasteiger partial charge in [0.1, 0.15) is 6.54 Å². The monoisotopic (exact) mass is 353 g/mol. The first-order valence-corrected chi connectivity index (χ1v) is 6.56. The zero-order valence-corrected chi connectivity index (χ0v) is 12.5. The van der Waals surface area contributed by atoms with E-state index in [0.717, 1.165) is 4.90 Å². The molecule has 0 atom stereocenters. The van der Waals surface area contributed by atoms with Gasteiger partial charge >= 0.3 is 6.18 Å². The number of hydrogen-bond donors (Lipinski definition) is 2. The quantitative estimate of drug-likeness (QED) is 0.377. The van der Waals surface area contributed by atoms with Crippen LogP contribution in [0.1, 0.15) is 19.4 Å². The van der Waals surface area contributed by atoms with Gasteiger partial charge in [0, 0.05) is 21.8 Å². The van der Waals surface area contributed by atoms with Crippen LogP contribution in [0.3, 0.4) is 0 Å². The van der Waals surface area contributed by atoms with E-state index in [-0.39, 0.29) is 17.1 Å². The summed E-state index contributed by atoms with van der Waals surface area (Å²) in [5.41, 5.74) is 6.03. The van der Waals surface area contributed by atoms with Gasteiger partial charge in [-0.2, -0.15) is 13.2 Å². The maximum atomic E-state index is 12.7. The third-order valence-corrected chi connectivity index (χ3v) is 3.12. The zero-order valence-electron chi connectivity index (χ0n) is 10.9. The number of benzene rings is 1. The number of anilines is 1. The Balaban J connectivity index is 3.33. The Morgan fingerprint density at radius 3 is 2.50 bits per heavy atom. The lowest BCUT2D eigenvalue weighted by atomic mass is 10.1. The molecule has 0 aliphatic carbocycles. The molecular formula is C12H15BrF3N3O. The third kappa shape index (κ3) is 4.29. The molecule has 0 amide bonds. The average Bonchev–Trinajstić information content (AvgIpc) is 2.34. The maximum Gasteiger partial charge on any atom is 0.405 e. The molecule has 1 aromatic carbocycles. The van der Waals surface area contributed by atoms with Crippen LogP contribution < -0.4 is 10.6 Å². The summed E-state index contributed by atoms with van der Waals surface area (Å²) < 4.78 is 38.7. The van der Waals surface area contributed by atoms with Gasteiger partial charge in [0.2, 0.25) is 0 Å². The van der Waals surface area contributed by atoms with Crippen molar-refractivity contribution in [2.75, 3.05) is 11.4 Å². The van der Waals surface area contributed by atoms with Crippen molar-refractivity contribution in [2.45, 2.75) is 26.1 Å². The first kappa shape index (κ1) is 16.6. The number of oxime groups is 1. The van der Waals surface area contributed by atoms with Crippen molar-refractivity contribution in [3.63, 3.8) is 0 Å². The third-order valence-electron chi connectivity index (χ3n) is 2.62. The van der Waals surface area contributed by atoms with Crippen LogP contribution in [-0.2, 0) is 0 Å². The summed E-state index contributed by atoms with van der Waals surface area (Å²) in [6.45, 7) is 2.17. The first-order chi connectivity index (χ1) is 9.15. The van der Waals surface area contributed by atoms with Crippen molar-refractivity contribution in [1.82, 2.24) is 0 Å². The van der Waals surface area contributed by atoms with Gasteiger partial charge < -0.3 is 15.8 Å². The molecule has 0 heterocycles. The van der Waals surface area contributed by atoms with Crippen LogP contribution in [-0.4, -0.2) is 29.8 Å². The topological polar surface area (TPSA) is 61.8 Å². The summed E-state index contributed by atoms with van der Waals surface area (Å²) in [5.74, 6) is -0.242. The van der Waals surface area contributed by atoms with E-state index in [1.807, 2.05) is 0 Å². The Morgan fingerprint density at radius 1 is 1.45 bits per heavy atom. The van der Waals surface area contributed by atoms with E-state index in [9.17, 15) is 13.2 Å². The van der Waals surface area contributed by atoms with E-state index in [0.29, 0.717) is 4.47 Å². The maximum absolute atomic E-state index is 12.7. The molecule has 3 N–H and O–H groups in total. The fourth-order valence-corrected chi connectivity index (χ4v) is 2.12. The van der Waals surface area contributed by atoms with Crippen molar-refractivity contribution in [3.8, 4) is 0 Å². The molecule has 0 aromatic heterocycles. The summed E-state index contributed by atoms with van der Waals surface area (Å²) in [6, 6.07) is 4.22. The van der Waals surface area contributed by atoms with Crippen LogP contribution in [0.2, 0.25) is 0 Å². The Bertz CT molecular complexity index is 503. The highest BCUT2D eigenvalue weighted by atomic mass is 79.9. The van der Waals surface area contributed by atoms with Gasteiger partial charge in [-0.15, -0.1) is 0 Å². The molecule has 0 aliphatic rings. The van der Waals surface area contributed by atoms with Gasteiger partial charge in [-0.1, -0.05) is 21.1 Å². The normalized spacial score (nSPS) is 12.8. The van der Waals surface area contributed by atoms with Crippen LogP contribution >= 0.6 is 15.9 Å². The second kappa shape index (κ2) is 6.34. The fourth-order valence-electron chi connectivity index (χ4n) is 1.76. The average molecular weight is 354 g/mol. The zero-order chi connectivity index (χ0) is 15.5. The molecule has 112 valence electrons. The summed E-state index contributed by atoms with van der Waals surface area (Å²) in [6.07, 6.45) is -4.35. The standard InChI is InChI=1S/C12H15BrF3N3O/c1-7(2)19(6-12(14,15)16)10-4-3-8(13)5-9(10)11(17)18-20/h3-5,7,20H,6H2,1-2H3,(H2,17,18). The minimum Gasteiger partial charge on any atom is -0.409 e. The van der Waals surface area contributed by atoms with Gasteiger partial charge in [-0.05, 0) is 32.0 Å². The number of halogens is 4. The molecule has 8 heteroatoms. The van der Waals surface area contributed by atoms with E-state index in [1.54, 1.807) is 19.9 Å². The molecule has 0 aliphatic heterocycles. The molecule has 0 spiro atoms.